The smallest absolute Gasteiger partial charge is 0.199 e. The molecule has 0 rings (SSSR count). The Balaban J connectivity index is 0. The van der Waals surface area contributed by atoms with Gasteiger partial charge in [0.15, 0.2) is 5.60 Å². The molecule has 0 saturated carbocycles. The molecule has 0 saturated heterocycles. The molecule has 2 radical (unpaired) electrons. The van der Waals surface area contributed by atoms with E-state index in [1.807, 2.05) is 0 Å². The fraction of sp³-hybridized carbons (Fsp3) is 0.500. The quantitative estimate of drug-likeness (QED) is 0.216. The first-order valence-electron chi connectivity index (χ1n) is 2.02. The molecule has 0 aliphatic heterocycles. The van der Waals surface area contributed by atoms with Crippen molar-refractivity contribution in [3.8, 4) is 0 Å². The number of carbonyl (C=O) groups excluding carboxylic acids is 1. The summed E-state index contributed by atoms with van der Waals surface area (Å²) in [5, 5.41) is 0. The second-order valence-corrected chi connectivity index (χ2v) is 3.32. The second-order valence-electron chi connectivity index (χ2n) is 1.05. The van der Waals surface area contributed by atoms with Crippen LogP contribution < -0.4 is 4.72 Å². The van der Waals surface area contributed by atoms with Crippen LogP contribution in [0.3, 0.4) is 0 Å². The van der Waals surface area contributed by atoms with Gasteiger partial charge in [-0.15, -0.1) is 11.8 Å². The van der Waals surface area contributed by atoms with Crippen LogP contribution in [0.1, 0.15) is 0 Å². The molecule has 0 fully saturated rings. The number of hydrogen-bond donors (Lipinski definition) is 1. The van der Waals surface area contributed by atoms with Crippen molar-refractivity contribution in [2.75, 3.05) is 6.54 Å². The Kier molecular flexibility index (Phi) is 12.7. The van der Waals surface area contributed by atoms with Gasteiger partial charge in [0, 0.05) is 24.2 Å². The zero-order valence-electron chi connectivity index (χ0n) is 4.57. The van der Waals surface area contributed by atoms with Crippen molar-refractivity contribution in [3.63, 3.8) is 0 Å². The van der Waals surface area contributed by atoms with Crippen LogP contribution in [0.5, 0.6) is 0 Å². The summed E-state index contributed by atoms with van der Waals surface area (Å²) in [4.78, 5) is 9.54. The Hall–Kier alpha value is 1.03. The summed E-state index contributed by atoms with van der Waals surface area (Å²) in [6, 6.07) is 0. The predicted molar refractivity (Wildman–Crippen MR) is 42.5 cm³/mol. The van der Waals surface area contributed by atoms with Crippen LogP contribution in [0.15, 0.2) is 0 Å². The van der Waals surface area contributed by atoms with Crippen LogP contribution in [-0.2, 0) is 21.3 Å². The molecule has 52 valence electrons. The van der Waals surface area contributed by atoms with Gasteiger partial charge >= 0.3 is 0 Å². The topological polar surface area (TPSA) is 29.1 Å². The summed E-state index contributed by atoms with van der Waals surface area (Å²) >= 11 is 1.28. The third-order valence-electron chi connectivity index (χ3n) is 0.364. The maximum Gasteiger partial charge on any atom is 0.199 e. The van der Waals surface area contributed by atoms with Crippen molar-refractivity contribution in [2.24, 2.45) is 0 Å². The van der Waals surface area contributed by atoms with Crippen molar-refractivity contribution in [1.82, 2.24) is 4.72 Å². The maximum atomic E-state index is 9.54. The van der Waals surface area contributed by atoms with Crippen molar-refractivity contribution in [2.45, 2.75) is 0 Å². The Morgan fingerprint density at radius 2 is 2.44 bits per heavy atom. The van der Waals surface area contributed by atoms with Crippen molar-refractivity contribution < 1.29 is 21.3 Å². The van der Waals surface area contributed by atoms with Crippen LogP contribution in [0.2, 0.25) is 0 Å². The van der Waals surface area contributed by atoms with E-state index in [-0.39, 0.29) is 28.6 Å². The number of hydrogen-bond acceptors (Lipinski definition) is 3. The van der Waals surface area contributed by atoms with E-state index >= 15 is 0 Å². The van der Waals surface area contributed by atoms with Gasteiger partial charge in [-0.2, -0.15) is 9.12 Å². The molecule has 7 heteroatoms. The van der Waals surface area contributed by atoms with E-state index in [9.17, 15) is 4.79 Å². The largest absolute Gasteiger partial charge is 0.541 e. The summed E-state index contributed by atoms with van der Waals surface area (Å²) in [5.74, 6) is 0. The van der Waals surface area contributed by atoms with Gasteiger partial charge in [0.2, 0.25) is 0 Å². The first-order chi connectivity index (χ1) is 3.77. The molecule has 1 atom stereocenters. The zero-order valence-corrected chi connectivity index (χ0v) is 7.53. The van der Waals surface area contributed by atoms with Gasteiger partial charge in [0.05, 0.1) is 0 Å². The van der Waals surface area contributed by atoms with E-state index in [0.717, 1.165) is 0 Å². The van der Waals surface area contributed by atoms with E-state index < -0.39 is 0 Å². The normalized spacial score (nSPS) is 7.67. The average Bonchev–Trinajstić information content (AvgIpc) is 1.66. The Morgan fingerprint density at radius 1 is 1.89 bits per heavy atom. The molecule has 0 bridgehead atoms. The van der Waals surface area contributed by atoms with Gasteiger partial charge < -0.3 is 9.52 Å². The van der Waals surface area contributed by atoms with Gasteiger partial charge in [0.1, 0.15) is 0 Å². The van der Waals surface area contributed by atoms with E-state index in [1.54, 1.807) is 6.29 Å². The average molecular weight is 202 g/mol. The molecular formula is C2H5B2NNiOPS-. The van der Waals surface area contributed by atoms with Crippen LogP contribution in [0, 0.1) is 0 Å². The summed E-state index contributed by atoms with van der Waals surface area (Å²) in [5.41, 5.74) is -0.0525. The van der Waals surface area contributed by atoms with Crippen LogP contribution >= 0.6 is 20.9 Å². The molecule has 1 unspecified atom stereocenters. The fourth-order valence-electron chi connectivity index (χ4n) is 0.167. The standard InChI is InChI=1S/C2H5B2NOPS.Ni/c3-4(7)8-5-1-2-6;/h5H,1,7H2;/q-1;. The Morgan fingerprint density at radius 3 is 2.78 bits per heavy atom. The summed E-state index contributed by atoms with van der Waals surface area (Å²) in [6.07, 6.45) is 1.68. The Labute approximate surface area is 73.3 Å². The van der Waals surface area contributed by atoms with Crippen molar-refractivity contribution in [3.05, 3.63) is 0 Å². The molecule has 0 heterocycles. The molecule has 0 spiro atoms. The maximum absolute atomic E-state index is 9.54. The third kappa shape index (κ3) is 12.3. The molecule has 0 aromatic heterocycles. The fourth-order valence-corrected chi connectivity index (χ4v) is 0.791. The third-order valence-corrected chi connectivity index (χ3v) is 1.36. The molecule has 0 aliphatic rings. The minimum Gasteiger partial charge on any atom is -0.541 e. The van der Waals surface area contributed by atoms with Crippen molar-refractivity contribution in [1.29, 1.82) is 0 Å². The minimum atomic E-state index is -0.0525. The van der Waals surface area contributed by atoms with Gasteiger partial charge in [-0.25, -0.2) is 6.29 Å². The van der Waals surface area contributed by atoms with E-state index in [1.165, 1.54) is 11.8 Å². The second kappa shape index (κ2) is 9.03. The molecular weight excluding hydrogens is 197 g/mol. The van der Waals surface area contributed by atoms with E-state index in [4.69, 9.17) is 7.74 Å². The molecule has 0 aromatic carbocycles. The summed E-state index contributed by atoms with van der Waals surface area (Å²) in [6.45, 7) is 0.229. The van der Waals surface area contributed by atoms with Gasteiger partial charge in [0.25, 0.3) is 0 Å². The molecule has 1 N–H and O–H groups in total. The van der Waals surface area contributed by atoms with Gasteiger partial charge in [-0.3, -0.25) is 0 Å². The first kappa shape index (κ1) is 12.7. The van der Waals surface area contributed by atoms with Gasteiger partial charge in [-0.05, 0) is 0 Å². The van der Waals surface area contributed by atoms with Crippen LogP contribution in [-0.4, -0.2) is 26.2 Å². The van der Waals surface area contributed by atoms with Crippen molar-refractivity contribution >= 4 is 40.5 Å². The predicted octanol–water partition coefficient (Wildman–Crippen LogP) is -0.640. The molecule has 0 amide bonds. The number of nitrogens with one attached hydrogen (secondary N) is 1. The van der Waals surface area contributed by atoms with Gasteiger partial charge in [-0.1, -0.05) is 6.54 Å². The van der Waals surface area contributed by atoms with E-state index in [0.29, 0.717) is 0 Å². The summed E-state index contributed by atoms with van der Waals surface area (Å²) < 4.78 is 2.68. The molecule has 9 heavy (non-hydrogen) atoms. The zero-order chi connectivity index (χ0) is 6.41. The SMILES string of the molecule is [B]B(P)SNC[C-]=O.[Ni]. The first-order valence-corrected chi connectivity index (χ1v) is 3.56. The number of rotatable bonds is 4. The summed E-state index contributed by atoms with van der Waals surface area (Å²) in [7, 11) is 7.64. The molecule has 2 nitrogen and oxygen atoms in total. The Bertz CT molecular complexity index is 77.6. The van der Waals surface area contributed by atoms with E-state index in [2.05, 4.69) is 13.8 Å². The van der Waals surface area contributed by atoms with Crippen LogP contribution in [0.4, 0.5) is 0 Å². The minimum absolute atomic E-state index is 0. The van der Waals surface area contributed by atoms with Crippen LogP contribution in [0.25, 0.3) is 0 Å². The molecule has 0 aromatic rings. The molecule has 0 aliphatic carbocycles. The monoisotopic (exact) mass is 202 g/mol.